The van der Waals surface area contributed by atoms with Crippen LogP contribution in [0.2, 0.25) is 0 Å². The molecular weight excluding hydrogens is 368 g/mol. The molecule has 0 radical (unpaired) electrons. The molecule has 0 atom stereocenters. The Labute approximate surface area is 120 Å². The second-order valence-electron chi connectivity index (χ2n) is 3.62. The maximum Gasteiger partial charge on any atom is 0.282 e. The van der Waals surface area contributed by atoms with Crippen LogP contribution in [-0.4, -0.2) is 19.9 Å². The topological polar surface area (TPSA) is 73.8 Å². The number of halogens is 2. The van der Waals surface area contributed by atoms with Gasteiger partial charge in [-0.05, 0) is 38.3 Å². The number of aryl methyl sites for hydroxylation is 1. The zero-order chi connectivity index (χ0) is 13.1. The van der Waals surface area contributed by atoms with Gasteiger partial charge in [0.15, 0.2) is 5.82 Å². The van der Waals surface area contributed by atoms with Crippen molar-refractivity contribution in [3.8, 4) is 0 Å². The number of nitrogens with zero attached hydrogens (tertiary/aromatic N) is 4. The van der Waals surface area contributed by atoms with E-state index in [1.165, 1.54) is 10.9 Å². The van der Waals surface area contributed by atoms with Gasteiger partial charge in [-0.25, -0.2) is 4.68 Å². The molecule has 0 saturated heterocycles. The first-order valence-corrected chi connectivity index (χ1v) is 6.93. The highest BCUT2D eigenvalue weighted by molar-refractivity contribution is 9.13. The fourth-order valence-corrected chi connectivity index (χ4v) is 1.93. The molecule has 0 fully saturated rings. The molecule has 6 nitrogen and oxygen atoms in total. The Balaban J connectivity index is 2.23. The zero-order valence-electron chi connectivity index (χ0n) is 9.56. The average Bonchev–Trinajstić information content (AvgIpc) is 2.78. The smallest absolute Gasteiger partial charge is 0.282 e. The number of hydrogen-bond donors (Lipinski definition) is 0. The Bertz CT molecular complexity index is 608. The van der Waals surface area contributed by atoms with Crippen molar-refractivity contribution in [3.63, 3.8) is 0 Å². The lowest BCUT2D eigenvalue weighted by molar-refractivity contribution is 0.358. The Morgan fingerprint density at radius 3 is 2.94 bits per heavy atom. The lowest BCUT2D eigenvalue weighted by atomic mass is 10.3. The summed E-state index contributed by atoms with van der Waals surface area (Å²) in [4.78, 5) is 16.0. The molecular formula is C10H10Br2N4O2. The van der Waals surface area contributed by atoms with Crippen LogP contribution in [0.4, 0.5) is 0 Å². The maximum atomic E-state index is 11.9. The van der Waals surface area contributed by atoms with E-state index in [1.54, 1.807) is 0 Å². The Kier molecular flexibility index (Phi) is 4.28. The van der Waals surface area contributed by atoms with Gasteiger partial charge in [-0.15, -0.1) is 0 Å². The van der Waals surface area contributed by atoms with Gasteiger partial charge in [0.2, 0.25) is 5.89 Å². The van der Waals surface area contributed by atoms with E-state index in [-0.39, 0.29) is 12.1 Å². The van der Waals surface area contributed by atoms with Gasteiger partial charge in [-0.2, -0.15) is 10.1 Å². The van der Waals surface area contributed by atoms with Crippen molar-refractivity contribution in [1.29, 1.82) is 0 Å². The van der Waals surface area contributed by atoms with Gasteiger partial charge in [0.25, 0.3) is 5.56 Å². The van der Waals surface area contributed by atoms with Crippen molar-refractivity contribution in [2.24, 2.45) is 0 Å². The van der Waals surface area contributed by atoms with E-state index in [4.69, 9.17) is 4.52 Å². The van der Waals surface area contributed by atoms with E-state index in [0.29, 0.717) is 20.7 Å². The highest BCUT2D eigenvalue weighted by Gasteiger charge is 2.11. The first-order valence-electron chi connectivity index (χ1n) is 5.34. The molecule has 0 N–H and O–H groups in total. The maximum absolute atomic E-state index is 11.9. The molecule has 2 heterocycles. The van der Waals surface area contributed by atoms with Gasteiger partial charge < -0.3 is 4.52 Å². The minimum absolute atomic E-state index is 0.168. The number of aromatic nitrogens is 4. The van der Waals surface area contributed by atoms with Gasteiger partial charge in [0.1, 0.15) is 11.0 Å². The predicted molar refractivity (Wildman–Crippen MR) is 71.3 cm³/mol. The first kappa shape index (κ1) is 13.4. The summed E-state index contributed by atoms with van der Waals surface area (Å²) in [6.07, 6.45) is 3.24. The summed E-state index contributed by atoms with van der Waals surface area (Å²) >= 11 is 6.40. The number of hydrogen-bond acceptors (Lipinski definition) is 5. The predicted octanol–water partition coefficient (Wildman–Crippen LogP) is 2.15. The summed E-state index contributed by atoms with van der Waals surface area (Å²) in [7, 11) is 0. The quantitative estimate of drug-likeness (QED) is 0.816. The molecule has 2 rings (SSSR count). The van der Waals surface area contributed by atoms with Crippen LogP contribution in [0.3, 0.4) is 0 Å². The molecule has 96 valence electrons. The van der Waals surface area contributed by atoms with Crippen molar-refractivity contribution in [3.05, 3.63) is 37.2 Å². The molecule has 2 aromatic rings. The van der Waals surface area contributed by atoms with E-state index in [1.807, 2.05) is 6.92 Å². The summed E-state index contributed by atoms with van der Waals surface area (Å²) in [5.74, 6) is 1.03. The minimum atomic E-state index is -0.250. The molecule has 0 unspecified atom stereocenters. The third-order valence-corrected chi connectivity index (χ3v) is 4.11. The van der Waals surface area contributed by atoms with Crippen LogP contribution in [0.1, 0.15) is 25.1 Å². The Morgan fingerprint density at radius 2 is 2.22 bits per heavy atom. The van der Waals surface area contributed by atoms with Crippen LogP contribution in [0.5, 0.6) is 0 Å². The largest absolute Gasteiger partial charge is 0.337 e. The molecule has 2 aromatic heterocycles. The molecule has 0 aliphatic carbocycles. The van der Waals surface area contributed by atoms with Crippen LogP contribution in [-0.2, 0) is 13.0 Å². The van der Waals surface area contributed by atoms with Crippen LogP contribution >= 0.6 is 31.9 Å². The van der Waals surface area contributed by atoms with E-state index >= 15 is 0 Å². The highest BCUT2D eigenvalue weighted by Crippen LogP contribution is 2.16. The lowest BCUT2D eigenvalue weighted by Crippen LogP contribution is -2.24. The van der Waals surface area contributed by atoms with Crippen molar-refractivity contribution in [1.82, 2.24) is 19.9 Å². The van der Waals surface area contributed by atoms with Crippen LogP contribution in [0.25, 0.3) is 0 Å². The molecule has 0 spiro atoms. The summed E-state index contributed by atoms with van der Waals surface area (Å²) in [5, 5.41) is 7.81. The second kappa shape index (κ2) is 5.75. The molecule has 18 heavy (non-hydrogen) atoms. The Hall–Kier alpha value is -1.02. The van der Waals surface area contributed by atoms with Crippen molar-refractivity contribution in [2.45, 2.75) is 26.3 Å². The molecule has 0 aromatic carbocycles. The summed E-state index contributed by atoms with van der Waals surface area (Å²) in [5.41, 5.74) is -0.250. The molecule has 8 heteroatoms. The third-order valence-electron chi connectivity index (χ3n) is 2.21. The van der Waals surface area contributed by atoms with Gasteiger partial charge in [0, 0.05) is 6.42 Å². The van der Waals surface area contributed by atoms with Crippen LogP contribution in [0, 0.1) is 0 Å². The minimum Gasteiger partial charge on any atom is -0.337 e. The normalized spacial score (nSPS) is 10.8. The Morgan fingerprint density at radius 1 is 1.44 bits per heavy atom. The molecule has 0 amide bonds. The van der Waals surface area contributed by atoms with E-state index in [9.17, 15) is 4.79 Å². The fourth-order valence-electron chi connectivity index (χ4n) is 1.37. The molecule has 0 bridgehead atoms. The monoisotopic (exact) mass is 376 g/mol. The van der Waals surface area contributed by atoms with Crippen molar-refractivity contribution in [2.75, 3.05) is 0 Å². The standard InChI is InChI=1S/C10H10Br2N4O2/c1-2-3-7-14-8(18-15-7)5-16-10(17)9(12)6(11)4-13-16/h4H,2-3,5H2,1H3. The van der Waals surface area contributed by atoms with Crippen LogP contribution in [0.15, 0.2) is 24.5 Å². The summed E-state index contributed by atoms with van der Waals surface area (Å²) in [6, 6.07) is 0. The third kappa shape index (κ3) is 2.86. The fraction of sp³-hybridized carbons (Fsp3) is 0.400. The molecule has 0 aliphatic heterocycles. The first-order chi connectivity index (χ1) is 8.61. The molecule has 0 saturated carbocycles. The summed E-state index contributed by atoms with van der Waals surface area (Å²) < 4.78 is 7.35. The van der Waals surface area contributed by atoms with Gasteiger partial charge in [-0.3, -0.25) is 4.79 Å². The number of rotatable bonds is 4. The van der Waals surface area contributed by atoms with Gasteiger partial charge in [0.05, 0.1) is 10.7 Å². The van der Waals surface area contributed by atoms with Gasteiger partial charge in [-0.1, -0.05) is 12.1 Å². The average molecular weight is 378 g/mol. The molecule has 0 aliphatic rings. The van der Waals surface area contributed by atoms with E-state index < -0.39 is 0 Å². The SMILES string of the molecule is CCCc1noc(Cn2ncc(Br)c(Br)c2=O)n1. The highest BCUT2D eigenvalue weighted by atomic mass is 79.9. The van der Waals surface area contributed by atoms with Gasteiger partial charge >= 0.3 is 0 Å². The zero-order valence-corrected chi connectivity index (χ0v) is 12.7. The van der Waals surface area contributed by atoms with E-state index in [2.05, 4.69) is 47.1 Å². The van der Waals surface area contributed by atoms with Crippen molar-refractivity contribution >= 4 is 31.9 Å². The second-order valence-corrected chi connectivity index (χ2v) is 5.27. The summed E-state index contributed by atoms with van der Waals surface area (Å²) in [6.45, 7) is 2.20. The van der Waals surface area contributed by atoms with Crippen molar-refractivity contribution < 1.29 is 4.52 Å². The van der Waals surface area contributed by atoms with Crippen LogP contribution < -0.4 is 5.56 Å². The van der Waals surface area contributed by atoms with E-state index in [0.717, 1.165) is 12.8 Å². The lowest BCUT2D eigenvalue weighted by Gasteiger charge is -2.01.